The molecular formula is C28H29F6N3O. The van der Waals surface area contributed by atoms with Gasteiger partial charge in [0.1, 0.15) is 0 Å². The summed E-state index contributed by atoms with van der Waals surface area (Å²) in [7, 11) is 0. The second-order valence-electron chi connectivity index (χ2n) is 9.50. The average molecular weight is 538 g/mol. The first-order valence-corrected chi connectivity index (χ1v) is 12.4. The lowest BCUT2D eigenvalue weighted by molar-refractivity contribution is -0.376. The molecule has 3 aromatic rings. The Labute approximate surface area is 217 Å². The Bertz CT molecular complexity index is 1160. The molecule has 0 spiro atoms. The summed E-state index contributed by atoms with van der Waals surface area (Å²) in [6.07, 6.45) is -7.17. The van der Waals surface area contributed by atoms with Crippen molar-refractivity contribution in [3.8, 4) is 11.1 Å². The number of alkyl halides is 6. The summed E-state index contributed by atoms with van der Waals surface area (Å²) in [5.41, 5.74) is -2.78. The van der Waals surface area contributed by atoms with Crippen LogP contribution in [0.4, 0.5) is 26.3 Å². The first kappa shape index (κ1) is 28.1. The molecule has 1 aliphatic rings. The van der Waals surface area contributed by atoms with Crippen LogP contribution in [0.1, 0.15) is 36.1 Å². The number of aromatic nitrogens is 1. The lowest BCUT2D eigenvalue weighted by atomic mass is 9.90. The number of hydrogen-bond acceptors (Lipinski definition) is 4. The molecule has 1 fully saturated rings. The molecule has 4 rings (SSSR count). The second kappa shape index (κ2) is 11.0. The molecule has 1 unspecified atom stereocenters. The van der Waals surface area contributed by atoms with Gasteiger partial charge < -0.3 is 5.11 Å². The monoisotopic (exact) mass is 537 g/mol. The van der Waals surface area contributed by atoms with Crippen molar-refractivity contribution in [2.75, 3.05) is 26.2 Å². The second-order valence-corrected chi connectivity index (χ2v) is 9.50. The van der Waals surface area contributed by atoms with Crippen molar-refractivity contribution in [3.05, 3.63) is 89.7 Å². The standard InChI is InChI=1S/C28H29F6N3O/c1-2-25(23-11-13-35-14-12-23)37-17-15-36(16-18-37)19-20-3-5-21(6-4-20)22-7-9-24(10-8-22)26(38,27(29,30)31)28(32,33)34/h3-14,25,38H,2,15-19H2,1H3. The van der Waals surface area contributed by atoms with Crippen LogP contribution in [-0.2, 0) is 12.1 Å². The largest absolute Gasteiger partial charge is 0.430 e. The summed E-state index contributed by atoms with van der Waals surface area (Å²) in [6.45, 7) is 6.61. The Morgan fingerprint density at radius 3 is 1.74 bits per heavy atom. The molecule has 1 saturated heterocycles. The van der Waals surface area contributed by atoms with Crippen LogP contribution in [0.3, 0.4) is 0 Å². The van der Waals surface area contributed by atoms with Crippen molar-refractivity contribution in [1.82, 2.24) is 14.8 Å². The Morgan fingerprint density at radius 1 is 0.763 bits per heavy atom. The zero-order valence-corrected chi connectivity index (χ0v) is 20.8. The fourth-order valence-corrected chi connectivity index (χ4v) is 4.98. The molecule has 1 atom stereocenters. The van der Waals surface area contributed by atoms with Gasteiger partial charge in [-0.25, -0.2) is 0 Å². The predicted molar refractivity (Wildman–Crippen MR) is 132 cm³/mol. The summed E-state index contributed by atoms with van der Waals surface area (Å²) in [5, 5.41) is 9.57. The molecule has 0 saturated carbocycles. The molecule has 4 nitrogen and oxygen atoms in total. The van der Waals surface area contributed by atoms with Gasteiger partial charge in [-0.1, -0.05) is 55.5 Å². The zero-order valence-electron chi connectivity index (χ0n) is 20.8. The first-order valence-electron chi connectivity index (χ1n) is 12.4. The topological polar surface area (TPSA) is 39.6 Å². The van der Waals surface area contributed by atoms with Crippen molar-refractivity contribution in [3.63, 3.8) is 0 Å². The van der Waals surface area contributed by atoms with Crippen molar-refractivity contribution in [2.45, 2.75) is 43.9 Å². The molecule has 1 N–H and O–H groups in total. The van der Waals surface area contributed by atoms with Gasteiger partial charge in [-0.3, -0.25) is 14.8 Å². The fourth-order valence-electron chi connectivity index (χ4n) is 4.98. The predicted octanol–water partition coefficient (Wildman–Crippen LogP) is 6.33. The molecule has 1 aromatic heterocycles. The molecule has 38 heavy (non-hydrogen) atoms. The number of hydrogen-bond donors (Lipinski definition) is 1. The molecule has 1 aliphatic heterocycles. The Hall–Kier alpha value is -2.95. The van der Waals surface area contributed by atoms with E-state index in [1.807, 2.05) is 24.5 Å². The van der Waals surface area contributed by atoms with Crippen molar-refractivity contribution < 1.29 is 31.4 Å². The highest BCUT2D eigenvalue weighted by Gasteiger charge is 2.71. The highest BCUT2D eigenvalue weighted by Crippen LogP contribution is 2.50. The van der Waals surface area contributed by atoms with Crippen LogP contribution in [0.15, 0.2) is 73.1 Å². The highest BCUT2D eigenvalue weighted by atomic mass is 19.4. The van der Waals surface area contributed by atoms with Crippen LogP contribution < -0.4 is 0 Å². The molecule has 2 aromatic carbocycles. The maximum Gasteiger partial charge on any atom is 0.430 e. The molecule has 0 amide bonds. The van der Waals surface area contributed by atoms with E-state index in [4.69, 9.17) is 0 Å². The number of aliphatic hydroxyl groups is 1. The summed E-state index contributed by atoms with van der Waals surface area (Å²) < 4.78 is 78.7. The number of halogens is 6. The van der Waals surface area contributed by atoms with Gasteiger partial charge in [-0.15, -0.1) is 0 Å². The maximum atomic E-state index is 13.1. The zero-order chi connectivity index (χ0) is 27.6. The third kappa shape index (κ3) is 5.72. The van der Waals surface area contributed by atoms with E-state index in [9.17, 15) is 31.4 Å². The Morgan fingerprint density at radius 2 is 1.26 bits per heavy atom. The molecule has 0 aliphatic carbocycles. The van der Waals surface area contributed by atoms with Gasteiger partial charge in [0, 0.05) is 56.7 Å². The summed E-state index contributed by atoms with van der Waals surface area (Å²) >= 11 is 0. The van der Waals surface area contributed by atoms with E-state index in [1.54, 1.807) is 12.1 Å². The number of nitrogens with zero attached hydrogens (tertiary/aromatic N) is 3. The molecule has 2 heterocycles. The van der Waals surface area contributed by atoms with Crippen molar-refractivity contribution in [1.29, 1.82) is 0 Å². The van der Waals surface area contributed by atoms with Crippen LogP contribution >= 0.6 is 0 Å². The maximum absolute atomic E-state index is 13.1. The molecule has 0 bridgehead atoms. The van der Waals surface area contributed by atoms with Crippen LogP contribution in [-0.4, -0.2) is 58.4 Å². The first-order chi connectivity index (χ1) is 17.9. The lowest BCUT2D eigenvalue weighted by Crippen LogP contribution is -2.53. The van der Waals surface area contributed by atoms with Crippen molar-refractivity contribution in [2.24, 2.45) is 0 Å². The van der Waals surface area contributed by atoms with Gasteiger partial charge in [0.2, 0.25) is 0 Å². The lowest BCUT2D eigenvalue weighted by Gasteiger charge is -2.39. The van der Waals surface area contributed by atoms with Gasteiger partial charge in [-0.2, -0.15) is 26.3 Å². The third-order valence-corrected chi connectivity index (χ3v) is 7.14. The Balaban J connectivity index is 1.38. The van der Waals surface area contributed by atoms with E-state index in [1.165, 1.54) is 5.56 Å². The minimum atomic E-state index is -5.91. The van der Waals surface area contributed by atoms with Crippen LogP contribution in [0, 0.1) is 0 Å². The van der Waals surface area contributed by atoms with E-state index in [0.29, 0.717) is 29.3 Å². The normalized spacial score (nSPS) is 16.9. The molecule has 204 valence electrons. The van der Waals surface area contributed by atoms with Gasteiger partial charge in [0.25, 0.3) is 5.60 Å². The van der Waals surface area contributed by atoms with Crippen LogP contribution in [0.2, 0.25) is 0 Å². The quantitative estimate of drug-likeness (QED) is 0.358. The number of benzene rings is 2. The fraction of sp³-hybridized carbons (Fsp3) is 0.393. The summed E-state index contributed by atoms with van der Waals surface area (Å²) in [4.78, 5) is 8.94. The van der Waals surface area contributed by atoms with E-state index < -0.39 is 23.5 Å². The van der Waals surface area contributed by atoms with Gasteiger partial charge >= 0.3 is 12.4 Å². The number of pyridine rings is 1. The smallest absolute Gasteiger partial charge is 0.369 e. The summed E-state index contributed by atoms with van der Waals surface area (Å²) in [5.74, 6) is 0. The van der Waals surface area contributed by atoms with E-state index in [2.05, 4.69) is 33.8 Å². The minimum Gasteiger partial charge on any atom is -0.369 e. The minimum absolute atomic E-state index is 0.356. The van der Waals surface area contributed by atoms with E-state index in [-0.39, 0.29) is 0 Å². The van der Waals surface area contributed by atoms with Gasteiger partial charge in [-0.05, 0) is 40.8 Å². The Kier molecular flexibility index (Phi) is 8.15. The van der Waals surface area contributed by atoms with Crippen LogP contribution in [0.25, 0.3) is 11.1 Å². The SMILES string of the molecule is CCC(c1ccncc1)N1CCN(Cc2ccc(-c3ccc(C(O)(C(F)(F)F)C(F)(F)F)cc3)cc2)CC1. The molecular weight excluding hydrogens is 508 g/mol. The van der Waals surface area contributed by atoms with Crippen molar-refractivity contribution >= 4 is 0 Å². The third-order valence-electron chi connectivity index (χ3n) is 7.14. The number of piperazine rings is 1. The number of rotatable bonds is 7. The highest BCUT2D eigenvalue weighted by molar-refractivity contribution is 5.64. The van der Waals surface area contributed by atoms with Crippen LogP contribution in [0.5, 0.6) is 0 Å². The molecule has 0 radical (unpaired) electrons. The van der Waals surface area contributed by atoms with Gasteiger partial charge in [0.05, 0.1) is 0 Å². The summed E-state index contributed by atoms with van der Waals surface area (Å²) in [6, 6.07) is 15.5. The molecule has 10 heteroatoms. The van der Waals surface area contributed by atoms with E-state index in [0.717, 1.165) is 56.8 Å². The van der Waals surface area contributed by atoms with Gasteiger partial charge in [0.15, 0.2) is 0 Å². The average Bonchev–Trinajstić information content (AvgIpc) is 2.89. The van der Waals surface area contributed by atoms with E-state index >= 15 is 0 Å².